The fourth-order valence-corrected chi connectivity index (χ4v) is 4.11. The number of fused-ring (bicyclic) bond motifs is 1. The van der Waals surface area contributed by atoms with Gasteiger partial charge in [-0.25, -0.2) is 9.67 Å². The van der Waals surface area contributed by atoms with Crippen molar-refractivity contribution in [1.82, 2.24) is 30.3 Å². The van der Waals surface area contributed by atoms with E-state index < -0.39 is 12.1 Å². The SMILES string of the molecule is Cc1nc2n(n1)CCN(C(=O)CN)CCCC(=O)N[C@@H](Cc1ccccc1)C(=O)NC2C(C)C. The molecule has 0 bridgehead atoms. The van der Waals surface area contributed by atoms with E-state index in [9.17, 15) is 14.4 Å². The van der Waals surface area contributed by atoms with E-state index in [1.165, 1.54) is 0 Å². The summed E-state index contributed by atoms with van der Waals surface area (Å²) >= 11 is 0. The molecule has 0 aliphatic carbocycles. The van der Waals surface area contributed by atoms with Crippen LogP contribution in [0.25, 0.3) is 0 Å². The van der Waals surface area contributed by atoms with Crippen molar-refractivity contribution >= 4 is 17.7 Å². The van der Waals surface area contributed by atoms with Crippen molar-refractivity contribution in [1.29, 1.82) is 0 Å². The lowest BCUT2D eigenvalue weighted by molar-refractivity contribution is -0.131. The molecule has 0 saturated heterocycles. The molecular formula is C24H35N7O3. The Morgan fingerprint density at radius 2 is 1.88 bits per heavy atom. The van der Waals surface area contributed by atoms with Crippen LogP contribution in [0.3, 0.4) is 0 Å². The van der Waals surface area contributed by atoms with E-state index in [0.717, 1.165) is 5.56 Å². The van der Waals surface area contributed by atoms with Crippen LogP contribution >= 0.6 is 0 Å². The number of carbonyl (C=O) groups excluding carboxylic acids is 3. The number of benzene rings is 1. The molecule has 10 heteroatoms. The molecule has 10 nitrogen and oxygen atoms in total. The van der Waals surface area contributed by atoms with Crippen LogP contribution in [0.15, 0.2) is 30.3 Å². The Labute approximate surface area is 200 Å². The van der Waals surface area contributed by atoms with E-state index in [1.807, 2.05) is 44.2 Å². The smallest absolute Gasteiger partial charge is 0.243 e. The van der Waals surface area contributed by atoms with E-state index in [0.29, 0.717) is 44.1 Å². The molecule has 0 radical (unpaired) electrons. The molecule has 1 aliphatic rings. The molecule has 34 heavy (non-hydrogen) atoms. The number of hydrogen-bond donors (Lipinski definition) is 3. The van der Waals surface area contributed by atoms with Gasteiger partial charge in [0.25, 0.3) is 0 Å². The average Bonchev–Trinajstić information content (AvgIpc) is 3.18. The van der Waals surface area contributed by atoms with E-state index in [1.54, 1.807) is 16.5 Å². The molecule has 4 N–H and O–H groups in total. The number of nitrogens with two attached hydrogens (primary N) is 1. The quantitative estimate of drug-likeness (QED) is 0.604. The zero-order valence-electron chi connectivity index (χ0n) is 20.2. The molecule has 0 saturated carbocycles. The van der Waals surface area contributed by atoms with Gasteiger partial charge in [-0.3, -0.25) is 14.4 Å². The lowest BCUT2D eigenvalue weighted by Crippen LogP contribution is -2.50. The van der Waals surface area contributed by atoms with Gasteiger partial charge in [-0.1, -0.05) is 44.2 Å². The fourth-order valence-electron chi connectivity index (χ4n) is 4.11. The first-order valence-corrected chi connectivity index (χ1v) is 11.8. The predicted octanol–water partition coefficient (Wildman–Crippen LogP) is 0.708. The third kappa shape index (κ3) is 6.63. The third-order valence-corrected chi connectivity index (χ3v) is 5.92. The maximum atomic E-state index is 13.4. The molecule has 3 amide bonds. The van der Waals surface area contributed by atoms with Crippen LogP contribution in [0.4, 0.5) is 0 Å². The molecule has 1 aromatic heterocycles. The van der Waals surface area contributed by atoms with Gasteiger partial charge in [-0.05, 0) is 24.8 Å². The van der Waals surface area contributed by atoms with Crippen LogP contribution in [0, 0.1) is 12.8 Å². The van der Waals surface area contributed by atoms with Crippen molar-refractivity contribution in [3.8, 4) is 0 Å². The van der Waals surface area contributed by atoms with E-state index >= 15 is 0 Å². The van der Waals surface area contributed by atoms with E-state index in [2.05, 4.69) is 20.7 Å². The summed E-state index contributed by atoms with van der Waals surface area (Å²) in [6.45, 7) is 6.90. The van der Waals surface area contributed by atoms with Crippen molar-refractivity contribution in [2.75, 3.05) is 19.6 Å². The van der Waals surface area contributed by atoms with Crippen LogP contribution in [-0.2, 0) is 27.3 Å². The van der Waals surface area contributed by atoms with Crippen molar-refractivity contribution in [3.05, 3.63) is 47.5 Å². The van der Waals surface area contributed by atoms with Crippen LogP contribution < -0.4 is 16.4 Å². The average molecular weight is 470 g/mol. The minimum absolute atomic E-state index is 0.0223. The Bertz CT molecular complexity index is 990. The first-order valence-electron chi connectivity index (χ1n) is 11.8. The summed E-state index contributed by atoms with van der Waals surface area (Å²) in [6, 6.07) is 8.44. The van der Waals surface area contributed by atoms with Gasteiger partial charge in [0.1, 0.15) is 17.7 Å². The van der Waals surface area contributed by atoms with E-state index in [-0.39, 0.29) is 36.6 Å². The maximum Gasteiger partial charge on any atom is 0.243 e. The van der Waals surface area contributed by atoms with Crippen molar-refractivity contribution < 1.29 is 14.4 Å². The van der Waals surface area contributed by atoms with Gasteiger partial charge in [0.15, 0.2) is 0 Å². The lowest BCUT2D eigenvalue weighted by Gasteiger charge is -2.28. The Balaban J connectivity index is 1.94. The van der Waals surface area contributed by atoms with Crippen molar-refractivity contribution in [2.24, 2.45) is 11.7 Å². The van der Waals surface area contributed by atoms with Gasteiger partial charge < -0.3 is 21.3 Å². The van der Waals surface area contributed by atoms with Crippen LogP contribution in [-0.4, -0.2) is 63.1 Å². The third-order valence-electron chi connectivity index (χ3n) is 5.92. The Morgan fingerprint density at radius 1 is 1.15 bits per heavy atom. The lowest BCUT2D eigenvalue weighted by atomic mass is 10.0. The molecule has 2 heterocycles. The van der Waals surface area contributed by atoms with Gasteiger partial charge in [0, 0.05) is 25.9 Å². The van der Waals surface area contributed by atoms with Crippen LogP contribution in [0.1, 0.15) is 49.9 Å². The highest BCUT2D eigenvalue weighted by atomic mass is 16.2. The van der Waals surface area contributed by atoms with Crippen molar-refractivity contribution in [2.45, 2.75) is 58.7 Å². The minimum Gasteiger partial charge on any atom is -0.344 e. The normalized spacial score (nSPS) is 20.3. The summed E-state index contributed by atoms with van der Waals surface area (Å²) in [6.07, 6.45) is 1.04. The van der Waals surface area contributed by atoms with Gasteiger partial charge in [0.05, 0.1) is 19.1 Å². The largest absolute Gasteiger partial charge is 0.344 e. The number of hydrogen-bond acceptors (Lipinski definition) is 6. The second-order valence-electron chi connectivity index (χ2n) is 8.97. The molecule has 3 rings (SSSR count). The van der Waals surface area contributed by atoms with Gasteiger partial charge >= 0.3 is 0 Å². The maximum absolute atomic E-state index is 13.4. The van der Waals surface area contributed by atoms with Crippen LogP contribution in [0.2, 0.25) is 0 Å². The zero-order chi connectivity index (χ0) is 24.7. The Hall–Kier alpha value is -3.27. The standard InChI is InChI=1S/C24H35N7O3/c1-16(2)22-23-26-17(3)29-31(23)13-12-30(21(33)15-25)11-7-10-20(32)27-19(24(34)28-22)14-18-8-5-4-6-9-18/h4-6,8-9,16,19,22H,7,10-15,25H2,1-3H3,(H,27,32)(H,28,34)/t19-,22?/m0/s1. The number of aromatic nitrogens is 3. The second-order valence-corrected chi connectivity index (χ2v) is 8.97. The van der Waals surface area contributed by atoms with Gasteiger partial charge in [-0.15, -0.1) is 0 Å². The molecule has 1 unspecified atom stereocenters. The molecule has 0 spiro atoms. The van der Waals surface area contributed by atoms with Gasteiger partial charge in [-0.2, -0.15) is 5.10 Å². The monoisotopic (exact) mass is 469 g/mol. The second kappa shape index (κ2) is 11.7. The summed E-state index contributed by atoms with van der Waals surface area (Å²) < 4.78 is 1.76. The number of carbonyl (C=O) groups is 3. The minimum atomic E-state index is -0.738. The number of nitrogens with one attached hydrogen (secondary N) is 2. The highest BCUT2D eigenvalue weighted by Crippen LogP contribution is 2.21. The molecule has 1 aromatic carbocycles. The molecular weight excluding hydrogens is 434 g/mol. The van der Waals surface area contributed by atoms with E-state index in [4.69, 9.17) is 5.73 Å². The summed E-state index contributed by atoms with van der Waals surface area (Å²) in [5.74, 6) is 0.567. The number of amides is 3. The fraction of sp³-hybridized carbons (Fsp3) is 0.542. The molecule has 1 aliphatic heterocycles. The summed E-state index contributed by atoms with van der Waals surface area (Å²) in [5, 5.41) is 10.5. The van der Waals surface area contributed by atoms with Crippen molar-refractivity contribution in [3.63, 3.8) is 0 Å². The Morgan fingerprint density at radius 3 is 2.56 bits per heavy atom. The highest BCUT2D eigenvalue weighted by molar-refractivity contribution is 5.88. The summed E-state index contributed by atoms with van der Waals surface area (Å²) in [7, 11) is 0. The first kappa shape index (κ1) is 25.4. The molecule has 0 fully saturated rings. The highest BCUT2D eigenvalue weighted by Gasteiger charge is 2.29. The number of aryl methyl sites for hydroxylation is 1. The zero-order valence-corrected chi connectivity index (χ0v) is 20.2. The summed E-state index contributed by atoms with van der Waals surface area (Å²) in [4.78, 5) is 44.7. The molecule has 2 aromatic rings. The molecule has 2 atom stereocenters. The number of nitrogens with zero attached hydrogens (tertiary/aromatic N) is 4. The van der Waals surface area contributed by atoms with Crippen LogP contribution in [0.5, 0.6) is 0 Å². The summed E-state index contributed by atoms with van der Waals surface area (Å²) in [5.41, 5.74) is 6.55. The first-order chi connectivity index (χ1) is 16.3. The van der Waals surface area contributed by atoms with Gasteiger partial charge in [0.2, 0.25) is 17.7 Å². The molecule has 184 valence electrons. The topological polar surface area (TPSA) is 135 Å². The Kier molecular flexibility index (Phi) is 8.75. The number of rotatable bonds is 4. The predicted molar refractivity (Wildman–Crippen MR) is 127 cm³/mol.